The van der Waals surface area contributed by atoms with Crippen LogP contribution in [0, 0.1) is 0 Å². The van der Waals surface area contributed by atoms with Crippen molar-refractivity contribution >= 4 is 43.4 Å². The average molecular weight is 460 g/mol. The monoisotopic (exact) mass is 459 g/mol. The Morgan fingerprint density at radius 2 is 1.90 bits per heavy atom. The summed E-state index contributed by atoms with van der Waals surface area (Å²) in [4.78, 5) is 27.0. The van der Waals surface area contributed by atoms with Crippen LogP contribution in [0.4, 0.5) is 4.79 Å². The van der Waals surface area contributed by atoms with E-state index in [4.69, 9.17) is 27.6 Å². The van der Waals surface area contributed by atoms with Gasteiger partial charge in [-0.2, -0.15) is 0 Å². The number of ketones is 1. The van der Waals surface area contributed by atoms with E-state index in [1.165, 1.54) is 11.0 Å². The third kappa shape index (κ3) is 4.81. The first-order valence-electron chi connectivity index (χ1n) is 9.93. The molecule has 1 heterocycles. The number of carboxylic acid groups (broad SMARTS) is 1. The number of rotatable bonds is 6. The minimum atomic E-state index is -2.12. The van der Waals surface area contributed by atoms with Gasteiger partial charge in [0.1, 0.15) is 5.54 Å². The second-order valence-electron chi connectivity index (χ2n) is 9.34. The van der Waals surface area contributed by atoms with Crippen molar-refractivity contribution < 1.29 is 19.1 Å². The number of carbonyl (C=O) groups excluding carboxylic acids is 1. The predicted octanol–water partition coefficient (Wildman–Crippen LogP) is 6.49. The predicted molar refractivity (Wildman–Crippen MR) is 120 cm³/mol. The fourth-order valence-electron chi connectivity index (χ4n) is 3.75. The van der Waals surface area contributed by atoms with E-state index >= 15 is 0 Å². The number of likely N-dealkylation sites (tertiary alicyclic amines) is 1. The van der Waals surface area contributed by atoms with Gasteiger partial charge < -0.3 is 9.53 Å². The van der Waals surface area contributed by atoms with Crippen molar-refractivity contribution in [3.8, 4) is 0 Å². The van der Waals surface area contributed by atoms with Crippen molar-refractivity contribution in [3.63, 3.8) is 0 Å². The van der Waals surface area contributed by atoms with Crippen LogP contribution in [-0.2, 0) is 4.43 Å². The lowest BCUT2D eigenvalue weighted by Crippen LogP contribution is -2.52. The molecule has 2 rings (SSSR count). The van der Waals surface area contributed by atoms with E-state index < -0.39 is 19.9 Å². The van der Waals surface area contributed by atoms with Crippen LogP contribution in [0.2, 0.25) is 28.2 Å². The molecule has 0 spiro atoms. The summed E-state index contributed by atoms with van der Waals surface area (Å²) in [5.74, 6) is -0.248. The van der Waals surface area contributed by atoms with Crippen LogP contribution in [0.25, 0.3) is 0 Å². The second kappa shape index (κ2) is 8.58. The zero-order valence-corrected chi connectivity index (χ0v) is 20.5. The number of hydrogen-bond donors (Lipinski definition) is 1. The lowest BCUT2D eigenvalue weighted by Gasteiger charge is -2.38. The van der Waals surface area contributed by atoms with Crippen LogP contribution in [0.15, 0.2) is 18.2 Å². The van der Waals surface area contributed by atoms with E-state index in [0.29, 0.717) is 29.8 Å². The standard InChI is InChI=1S/C21H31Cl2NO4Si/c1-7-10-21(18(25)14-8-9-16(22)17(23)11-14)12-15(13-24(21)19(26)27)28-29(5,6)20(2,3)4/h8-9,11,15H,7,10,12-13H2,1-6H3,(H,26,27)/t15?,21-/m1/s1. The van der Waals surface area contributed by atoms with Gasteiger partial charge in [-0.15, -0.1) is 0 Å². The SMILES string of the molecule is CCC[C@]1(C(=O)c2ccc(Cl)c(Cl)c2)CC(O[Si](C)(C)C(C)(C)C)CN1C(=O)O. The maximum absolute atomic E-state index is 13.6. The van der Waals surface area contributed by atoms with Crippen LogP contribution in [0.3, 0.4) is 0 Å². The molecule has 1 amide bonds. The quantitative estimate of drug-likeness (QED) is 0.389. The third-order valence-electron chi connectivity index (χ3n) is 6.23. The fraction of sp³-hybridized carbons (Fsp3) is 0.619. The number of benzene rings is 1. The highest BCUT2D eigenvalue weighted by molar-refractivity contribution is 6.74. The maximum Gasteiger partial charge on any atom is 0.408 e. The Bertz CT molecular complexity index is 793. The van der Waals surface area contributed by atoms with Crippen molar-refractivity contribution in [2.24, 2.45) is 0 Å². The first-order chi connectivity index (χ1) is 13.2. The molecule has 2 atom stereocenters. The van der Waals surface area contributed by atoms with Gasteiger partial charge in [0.05, 0.1) is 22.7 Å². The van der Waals surface area contributed by atoms with E-state index in [2.05, 4.69) is 33.9 Å². The van der Waals surface area contributed by atoms with Gasteiger partial charge in [-0.25, -0.2) is 4.79 Å². The minimum absolute atomic E-state index is 0.00915. The molecule has 1 aromatic carbocycles. The highest BCUT2D eigenvalue weighted by Gasteiger charge is 2.54. The van der Waals surface area contributed by atoms with Gasteiger partial charge in [0, 0.05) is 12.0 Å². The van der Waals surface area contributed by atoms with Crippen molar-refractivity contribution in [2.45, 2.75) is 76.7 Å². The number of halogens is 2. The van der Waals surface area contributed by atoms with Gasteiger partial charge in [-0.1, -0.05) is 57.3 Å². The van der Waals surface area contributed by atoms with Gasteiger partial charge in [0.15, 0.2) is 14.1 Å². The molecule has 5 nitrogen and oxygen atoms in total. The normalized spacial score (nSPS) is 22.8. The Hall–Kier alpha value is -1.08. The molecule has 1 aliphatic heterocycles. The van der Waals surface area contributed by atoms with Gasteiger partial charge in [-0.05, 0) is 42.8 Å². The molecule has 0 bridgehead atoms. The van der Waals surface area contributed by atoms with E-state index in [0.717, 1.165) is 0 Å². The zero-order valence-electron chi connectivity index (χ0n) is 18.0. The van der Waals surface area contributed by atoms with Gasteiger partial charge in [0.25, 0.3) is 0 Å². The van der Waals surface area contributed by atoms with Crippen LogP contribution in [0.1, 0.15) is 57.3 Å². The molecule has 1 aliphatic rings. The summed E-state index contributed by atoms with van der Waals surface area (Å²) in [6.07, 6.45) is 0.0245. The minimum Gasteiger partial charge on any atom is -0.465 e. The van der Waals surface area contributed by atoms with E-state index in [9.17, 15) is 14.7 Å². The molecule has 1 fully saturated rings. The molecular formula is C21H31Cl2NO4Si. The molecule has 0 radical (unpaired) electrons. The topological polar surface area (TPSA) is 66.8 Å². The summed E-state index contributed by atoms with van der Waals surface area (Å²) in [5, 5.41) is 10.6. The number of nitrogens with zero attached hydrogens (tertiary/aromatic N) is 1. The largest absolute Gasteiger partial charge is 0.465 e. The maximum atomic E-state index is 13.6. The van der Waals surface area contributed by atoms with Gasteiger partial charge >= 0.3 is 6.09 Å². The Morgan fingerprint density at radius 1 is 1.28 bits per heavy atom. The van der Waals surface area contributed by atoms with Crippen LogP contribution >= 0.6 is 23.2 Å². The molecule has 162 valence electrons. The summed E-state index contributed by atoms with van der Waals surface area (Å²) in [5.41, 5.74) is -0.794. The highest BCUT2D eigenvalue weighted by atomic mass is 35.5. The first-order valence-corrected chi connectivity index (χ1v) is 13.6. The Kier molecular flexibility index (Phi) is 7.15. The molecule has 29 heavy (non-hydrogen) atoms. The Labute approximate surface area is 184 Å². The number of amides is 1. The zero-order chi connectivity index (χ0) is 22.2. The molecule has 1 unspecified atom stereocenters. The summed E-state index contributed by atoms with van der Waals surface area (Å²) in [7, 11) is -2.12. The number of Topliss-reactive ketones (excluding diaryl/α,β-unsaturated/α-hetero) is 1. The summed E-state index contributed by atoms with van der Waals surface area (Å²) in [6.45, 7) is 12.8. The molecule has 0 saturated carbocycles. The summed E-state index contributed by atoms with van der Waals surface area (Å²) in [6, 6.07) is 4.70. The van der Waals surface area contributed by atoms with Crippen molar-refractivity contribution in [3.05, 3.63) is 33.8 Å². The van der Waals surface area contributed by atoms with Gasteiger partial charge in [-0.3, -0.25) is 9.69 Å². The molecule has 1 saturated heterocycles. The molecule has 0 aliphatic carbocycles. The van der Waals surface area contributed by atoms with Crippen molar-refractivity contribution in [1.29, 1.82) is 0 Å². The van der Waals surface area contributed by atoms with Gasteiger partial charge in [0.2, 0.25) is 0 Å². The Morgan fingerprint density at radius 3 is 2.38 bits per heavy atom. The van der Waals surface area contributed by atoms with Crippen LogP contribution in [-0.4, -0.2) is 48.4 Å². The number of carbonyl (C=O) groups is 2. The Balaban J connectivity index is 2.45. The lowest BCUT2D eigenvalue weighted by atomic mass is 9.82. The molecule has 1 N–H and O–H groups in total. The molecule has 1 aromatic rings. The van der Waals surface area contributed by atoms with E-state index in [1.54, 1.807) is 12.1 Å². The van der Waals surface area contributed by atoms with Crippen LogP contribution < -0.4 is 0 Å². The lowest BCUT2D eigenvalue weighted by molar-refractivity contribution is 0.0616. The second-order valence-corrected chi connectivity index (χ2v) is 14.9. The number of hydrogen-bond acceptors (Lipinski definition) is 3. The molecular weight excluding hydrogens is 429 g/mol. The molecule has 0 aromatic heterocycles. The van der Waals surface area contributed by atoms with Crippen LogP contribution in [0.5, 0.6) is 0 Å². The summed E-state index contributed by atoms with van der Waals surface area (Å²) >= 11 is 12.1. The third-order valence-corrected chi connectivity index (χ3v) is 11.5. The molecule has 8 heteroatoms. The smallest absolute Gasteiger partial charge is 0.408 e. The summed E-state index contributed by atoms with van der Waals surface area (Å²) < 4.78 is 6.51. The van der Waals surface area contributed by atoms with Crippen molar-refractivity contribution in [1.82, 2.24) is 4.90 Å². The first kappa shape index (κ1) is 24.2. The highest BCUT2D eigenvalue weighted by Crippen LogP contribution is 2.43. The average Bonchev–Trinajstić information content (AvgIpc) is 2.95. The van der Waals surface area contributed by atoms with Crippen molar-refractivity contribution in [2.75, 3.05) is 6.54 Å². The van der Waals surface area contributed by atoms with E-state index in [1.807, 2.05) is 6.92 Å². The van der Waals surface area contributed by atoms with E-state index in [-0.39, 0.29) is 28.5 Å². The fourth-order valence-corrected chi connectivity index (χ4v) is 5.39.